The Bertz CT molecular complexity index is 705. The van der Waals surface area contributed by atoms with Gasteiger partial charge < -0.3 is 9.64 Å². The zero-order chi connectivity index (χ0) is 19.2. The summed E-state index contributed by atoms with van der Waals surface area (Å²) in [5.41, 5.74) is 0.873. The van der Waals surface area contributed by atoms with Crippen molar-refractivity contribution in [1.29, 1.82) is 0 Å². The van der Waals surface area contributed by atoms with Crippen LogP contribution in [0, 0.1) is 0 Å². The molecule has 4 nitrogen and oxygen atoms in total. The quantitative estimate of drug-likeness (QED) is 0.692. The fourth-order valence-electron chi connectivity index (χ4n) is 2.53. The van der Waals surface area contributed by atoms with E-state index in [2.05, 4.69) is 0 Å². The average Bonchev–Trinajstić information content (AvgIpc) is 3.06. The average molecular weight is 386 g/mol. The van der Waals surface area contributed by atoms with Crippen molar-refractivity contribution >= 4 is 17.2 Å². The molecule has 8 heteroatoms. The molecule has 2 aromatic rings. The third-order valence-corrected chi connectivity index (χ3v) is 4.61. The summed E-state index contributed by atoms with van der Waals surface area (Å²) in [6.07, 6.45) is -4.41. The lowest BCUT2D eigenvalue weighted by Crippen LogP contribution is -2.42. The molecule has 0 unspecified atom stereocenters. The Kier molecular flexibility index (Phi) is 7.05. The van der Waals surface area contributed by atoms with Gasteiger partial charge in [-0.05, 0) is 17.5 Å². The smallest absolute Gasteiger partial charge is 0.406 e. The highest BCUT2D eigenvalue weighted by atomic mass is 32.1. The number of carbonyl (C=O) groups is 1. The van der Waals surface area contributed by atoms with Gasteiger partial charge in [-0.3, -0.25) is 9.69 Å². The normalized spacial score (nSPS) is 11.6. The number of carbonyl (C=O) groups excluding carboxylic acids is 1. The molecule has 0 radical (unpaired) electrons. The summed E-state index contributed by atoms with van der Waals surface area (Å²) in [4.78, 5) is 15.8. The number of amides is 1. The van der Waals surface area contributed by atoms with Crippen LogP contribution in [0.5, 0.6) is 5.75 Å². The number of halogens is 3. The molecule has 1 aromatic heterocycles. The number of nitrogens with zero attached hydrogens (tertiary/aromatic N) is 2. The number of hydrogen-bond donors (Lipinski definition) is 0. The zero-order valence-electron chi connectivity index (χ0n) is 14.6. The topological polar surface area (TPSA) is 32.8 Å². The lowest BCUT2D eigenvalue weighted by Gasteiger charge is -2.26. The van der Waals surface area contributed by atoms with Crippen molar-refractivity contribution in [3.8, 4) is 5.75 Å². The van der Waals surface area contributed by atoms with Gasteiger partial charge in [-0.25, -0.2) is 0 Å². The van der Waals surface area contributed by atoms with E-state index in [0.29, 0.717) is 23.7 Å². The first-order valence-electron chi connectivity index (χ1n) is 7.96. The van der Waals surface area contributed by atoms with E-state index in [0.717, 1.165) is 10.4 Å². The van der Waals surface area contributed by atoms with Crippen LogP contribution in [0.3, 0.4) is 0 Å². The molecule has 0 atom stereocenters. The first-order valence-corrected chi connectivity index (χ1v) is 8.84. The van der Waals surface area contributed by atoms with Crippen LogP contribution in [0.2, 0.25) is 0 Å². The van der Waals surface area contributed by atoms with Crippen molar-refractivity contribution in [1.82, 2.24) is 9.80 Å². The molecular weight excluding hydrogens is 365 g/mol. The lowest BCUT2D eigenvalue weighted by molar-refractivity contribution is -0.159. The summed E-state index contributed by atoms with van der Waals surface area (Å²) in [7, 11) is 2.73. The molecule has 0 aliphatic carbocycles. The van der Waals surface area contributed by atoms with Crippen LogP contribution in [0.4, 0.5) is 13.2 Å². The number of para-hydroxylation sites is 1. The van der Waals surface area contributed by atoms with Crippen LogP contribution in [-0.2, 0) is 17.9 Å². The first-order chi connectivity index (χ1) is 12.3. The van der Waals surface area contributed by atoms with Crippen LogP contribution in [0.1, 0.15) is 10.4 Å². The Morgan fingerprint density at radius 3 is 2.50 bits per heavy atom. The third kappa shape index (κ3) is 6.34. The van der Waals surface area contributed by atoms with Crippen molar-refractivity contribution in [3.63, 3.8) is 0 Å². The predicted molar refractivity (Wildman–Crippen MR) is 95.1 cm³/mol. The van der Waals surface area contributed by atoms with Crippen LogP contribution in [0.25, 0.3) is 0 Å². The molecule has 26 heavy (non-hydrogen) atoms. The molecule has 1 heterocycles. The minimum absolute atomic E-state index is 0.109. The van der Waals surface area contributed by atoms with Gasteiger partial charge in [0.25, 0.3) is 0 Å². The van der Waals surface area contributed by atoms with Crippen molar-refractivity contribution in [2.75, 3.05) is 27.2 Å². The van der Waals surface area contributed by atoms with Gasteiger partial charge in [0, 0.05) is 30.6 Å². The summed E-state index contributed by atoms with van der Waals surface area (Å²) >= 11 is 1.54. The Balaban J connectivity index is 2.12. The fraction of sp³-hybridized carbons (Fsp3) is 0.389. The molecule has 0 aliphatic rings. The number of likely N-dealkylation sites (N-methyl/N-ethyl adjacent to an activating group) is 1. The molecule has 0 bridgehead atoms. The summed E-state index contributed by atoms with van der Waals surface area (Å²) in [5, 5.41) is 1.92. The maximum Gasteiger partial charge on any atom is 0.406 e. The van der Waals surface area contributed by atoms with Gasteiger partial charge in [-0.15, -0.1) is 11.3 Å². The number of ether oxygens (including phenoxy) is 1. The maximum absolute atomic E-state index is 12.5. The fourth-order valence-corrected chi connectivity index (χ4v) is 3.28. The van der Waals surface area contributed by atoms with E-state index in [1.807, 2.05) is 46.7 Å². The number of methoxy groups -OCH3 is 1. The summed E-state index contributed by atoms with van der Waals surface area (Å²) in [6.45, 7) is -0.495. The first kappa shape index (κ1) is 20.3. The Hall–Kier alpha value is -2.06. The molecule has 0 aliphatic heterocycles. The minimum atomic E-state index is -4.41. The molecule has 142 valence electrons. The van der Waals surface area contributed by atoms with Crippen molar-refractivity contribution in [3.05, 3.63) is 52.2 Å². The number of benzene rings is 1. The van der Waals surface area contributed by atoms with E-state index < -0.39 is 18.6 Å². The van der Waals surface area contributed by atoms with Crippen LogP contribution < -0.4 is 4.74 Å². The Labute approximate surface area is 154 Å². The van der Waals surface area contributed by atoms with Crippen molar-refractivity contribution < 1.29 is 22.7 Å². The second-order valence-corrected chi connectivity index (χ2v) is 6.93. The minimum Gasteiger partial charge on any atom is -0.496 e. The summed E-state index contributed by atoms with van der Waals surface area (Å²) in [6, 6.07) is 11.2. The van der Waals surface area contributed by atoms with E-state index >= 15 is 0 Å². The SMILES string of the molecule is COc1ccccc1CN(CC(=O)N(C)CC(F)(F)F)Cc1cccs1. The number of hydrogen-bond acceptors (Lipinski definition) is 4. The maximum atomic E-state index is 12.5. The monoisotopic (exact) mass is 386 g/mol. The van der Waals surface area contributed by atoms with Crippen LogP contribution in [0.15, 0.2) is 41.8 Å². The van der Waals surface area contributed by atoms with Gasteiger partial charge >= 0.3 is 6.18 Å². The second-order valence-electron chi connectivity index (χ2n) is 5.90. The van der Waals surface area contributed by atoms with Gasteiger partial charge in [0.1, 0.15) is 12.3 Å². The highest BCUT2D eigenvalue weighted by molar-refractivity contribution is 7.09. The summed E-state index contributed by atoms with van der Waals surface area (Å²) in [5.74, 6) is 0.105. The van der Waals surface area contributed by atoms with E-state index in [4.69, 9.17) is 4.74 Å². The van der Waals surface area contributed by atoms with E-state index in [1.54, 1.807) is 7.11 Å². The largest absolute Gasteiger partial charge is 0.496 e. The third-order valence-electron chi connectivity index (χ3n) is 3.75. The predicted octanol–water partition coefficient (Wildman–Crippen LogP) is 3.78. The molecule has 0 saturated heterocycles. The molecule has 0 fully saturated rings. The number of thiophene rings is 1. The second kappa shape index (κ2) is 9.05. The molecule has 1 aromatic carbocycles. The highest BCUT2D eigenvalue weighted by Gasteiger charge is 2.31. The molecule has 0 saturated carbocycles. The number of rotatable bonds is 8. The van der Waals surface area contributed by atoms with Crippen LogP contribution in [-0.4, -0.2) is 49.1 Å². The summed E-state index contributed by atoms with van der Waals surface area (Å²) < 4.78 is 42.9. The van der Waals surface area contributed by atoms with Crippen LogP contribution >= 0.6 is 11.3 Å². The molecular formula is C18H21F3N2O2S. The van der Waals surface area contributed by atoms with Gasteiger partial charge in [0.15, 0.2) is 0 Å². The van der Waals surface area contributed by atoms with Crippen molar-refractivity contribution in [2.24, 2.45) is 0 Å². The van der Waals surface area contributed by atoms with Crippen molar-refractivity contribution in [2.45, 2.75) is 19.3 Å². The Morgan fingerprint density at radius 1 is 1.15 bits per heavy atom. The van der Waals surface area contributed by atoms with Gasteiger partial charge in [-0.2, -0.15) is 13.2 Å². The van der Waals surface area contributed by atoms with E-state index in [1.165, 1.54) is 18.4 Å². The molecule has 2 rings (SSSR count). The van der Waals surface area contributed by atoms with Gasteiger partial charge in [-0.1, -0.05) is 24.3 Å². The van der Waals surface area contributed by atoms with Gasteiger partial charge in [0.2, 0.25) is 5.91 Å². The Morgan fingerprint density at radius 2 is 1.88 bits per heavy atom. The lowest BCUT2D eigenvalue weighted by atomic mass is 10.2. The standard InChI is InChI=1S/C18H21F3N2O2S/c1-22(13-18(19,20)21)17(24)12-23(11-15-7-5-9-26-15)10-14-6-3-4-8-16(14)25-2/h3-9H,10-13H2,1-2H3. The highest BCUT2D eigenvalue weighted by Crippen LogP contribution is 2.22. The van der Waals surface area contributed by atoms with Gasteiger partial charge in [0.05, 0.1) is 13.7 Å². The molecule has 1 amide bonds. The molecule has 0 spiro atoms. The van der Waals surface area contributed by atoms with E-state index in [-0.39, 0.29) is 6.54 Å². The molecule has 0 N–H and O–H groups in total. The number of alkyl halides is 3. The van der Waals surface area contributed by atoms with E-state index in [9.17, 15) is 18.0 Å². The zero-order valence-corrected chi connectivity index (χ0v) is 15.4.